The lowest BCUT2D eigenvalue weighted by molar-refractivity contribution is -0.122. The Kier molecular flexibility index (Phi) is 7.29. The van der Waals surface area contributed by atoms with Gasteiger partial charge >= 0.3 is 0 Å². The number of ether oxygens (including phenoxy) is 1. The SMILES string of the molecule is COc1cc(/C=C2\S\C(=N/N=C/C(C)=C/c3ccccc3)N(Cc3ccco3)C2=O)ccc1O. The number of benzene rings is 2. The van der Waals surface area contributed by atoms with Crippen molar-refractivity contribution in [3.8, 4) is 11.5 Å². The average Bonchev–Trinajstić information content (AvgIpc) is 3.45. The van der Waals surface area contributed by atoms with Gasteiger partial charge in [-0.1, -0.05) is 42.5 Å². The summed E-state index contributed by atoms with van der Waals surface area (Å²) in [6.45, 7) is 2.18. The van der Waals surface area contributed by atoms with E-state index in [0.717, 1.165) is 16.7 Å². The molecule has 1 amide bonds. The van der Waals surface area contributed by atoms with Crippen LogP contribution < -0.4 is 4.74 Å². The number of methoxy groups -OCH3 is 1. The van der Waals surface area contributed by atoms with Crippen LogP contribution in [0.1, 0.15) is 23.8 Å². The highest BCUT2D eigenvalue weighted by Gasteiger charge is 2.34. The molecule has 0 bridgehead atoms. The van der Waals surface area contributed by atoms with Crippen molar-refractivity contribution in [1.82, 2.24) is 4.90 Å². The number of amides is 1. The molecule has 0 aliphatic carbocycles. The third-order valence-electron chi connectivity index (χ3n) is 4.88. The second-order valence-electron chi connectivity index (χ2n) is 7.44. The molecule has 34 heavy (non-hydrogen) atoms. The number of amidine groups is 1. The zero-order chi connectivity index (χ0) is 23.9. The van der Waals surface area contributed by atoms with Gasteiger partial charge in [0.25, 0.3) is 5.91 Å². The summed E-state index contributed by atoms with van der Waals surface area (Å²) in [6, 6.07) is 18.4. The molecule has 1 aliphatic heterocycles. The fourth-order valence-corrected chi connectivity index (χ4v) is 4.17. The maximum atomic E-state index is 13.2. The zero-order valence-electron chi connectivity index (χ0n) is 18.7. The lowest BCUT2D eigenvalue weighted by Gasteiger charge is -2.12. The van der Waals surface area contributed by atoms with Crippen LogP contribution >= 0.6 is 11.8 Å². The van der Waals surface area contributed by atoms with Crippen molar-refractivity contribution in [2.45, 2.75) is 13.5 Å². The Morgan fingerprint density at radius 1 is 1.15 bits per heavy atom. The molecule has 1 fully saturated rings. The first-order chi connectivity index (χ1) is 16.5. The van der Waals surface area contributed by atoms with E-state index in [1.807, 2.05) is 43.3 Å². The number of phenolic OH excluding ortho intramolecular Hbond substituents is 1. The summed E-state index contributed by atoms with van der Waals surface area (Å²) in [4.78, 5) is 15.2. The van der Waals surface area contributed by atoms with Crippen molar-refractivity contribution in [3.63, 3.8) is 0 Å². The number of thioether (sulfide) groups is 1. The van der Waals surface area contributed by atoms with E-state index in [1.165, 1.54) is 29.8 Å². The standard InChI is InChI=1S/C26H23N3O4S/c1-18(13-19-7-4-3-5-8-19)16-27-28-26-29(17-21-9-6-12-33-21)25(31)24(34-26)15-20-10-11-22(30)23(14-20)32-2/h3-16,30H,17H2,1-2H3/b18-13+,24-15-,27-16+,28-26-. The number of furan rings is 1. The fourth-order valence-electron chi connectivity index (χ4n) is 3.23. The Morgan fingerprint density at radius 2 is 1.97 bits per heavy atom. The van der Waals surface area contributed by atoms with Gasteiger partial charge in [0.1, 0.15) is 5.76 Å². The number of allylic oxidation sites excluding steroid dienone is 1. The van der Waals surface area contributed by atoms with Crippen LogP contribution in [-0.2, 0) is 11.3 Å². The summed E-state index contributed by atoms with van der Waals surface area (Å²) < 4.78 is 10.6. The number of hydrogen-bond acceptors (Lipinski definition) is 7. The topological polar surface area (TPSA) is 87.6 Å². The van der Waals surface area contributed by atoms with E-state index >= 15 is 0 Å². The van der Waals surface area contributed by atoms with Crippen LogP contribution in [0.3, 0.4) is 0 Å². The summed E-state index contributed by atoms with van der Waals surface area (Å²) in [7, 11) is 1.48. The summed E-state index contributed by atoms with van der Waals surface area (Å²) in [5.74, 6) is 0.790. The van der Waals surface area contributed by atoms with Gasteiger partial charge in [-0.15, -0.1) is 5.10 Å². The van der Waals surface area contributed by atoms with Gasteiger partial charge in [-0.05, 0) is 65.7 Å². The van der Waals surface area contributed by atoms with Gasteiger partial charge in [-0.25, -0.2) is 0 Å². The molecule has 0 spiro atoms. The molecule has 1 N–H and O–H groups in total. The molecule has 7 nitrogen and oxygen atoms in total. The number of carbonyl (C=O) groups excluding carboxylic acids is 1. The number of rotatable bonds is 7. The second-order valence-corrected chi connectivity index (χ2v) is 8.45. The predicted octanol–water partition coefficient (Wildman–Crippen LogP) is 5.56. The Labute approximate surface area is 201 Å². The monoisotopic (exact) mass is 473 g/mol. The minimum absolute atomic E-state index is 0.0324. The maximum Gasteiger partial charge on any atom is 0.267 e. The largest absolute Gasteiger partial charge is 0.504 e. The van der Waals surface area contributed by atoms with Gasteiger partial charge in [0.2, 0.25) is 0 Å². The molecule has 0 atom stereocenters. The fraction of sp³-hybridized carbons (Fsp3) is 0.115. The van der Waals surface area contributed by atoms with Crippen molar-refractivity contribution >= 4 is 41.2 Å². The Hall–Kier alpha value is -4.04. The first-order valence-electron chi connectivity index (χ1n) is 10.5. The molecule has 2 heterocycles. The molecule has 1 aliphatic rings. The molecule has 8 heteroatoms. The number of nitrogens with zero attached hydrogens (tertiary/aromatic N) is 3. The lowest BCUT2D eigenvalue weighted by atomic mass is 10.1. The number of aromatic hydroxyl groups is 1. The molecule has 172 valence electrons. The summed E-state index contributed by atoms with van der Waals surface area (Å²) in [5, 5.41) is 18.8. The highest BCUT2D eigenvalue weighted by molar-refractivity contribution is 8.18. The summed E-state index contributed by atoms with van der Waals surface area (Å²) >= 11 is 1.23. The molecular formula is C26H23N3O4S. The van der Waals surface area contributed by atoms with E-state index in [9.17, 15) is 9.90 Å². The Bertz CT molecular complexity index is 1280. The van der Waals surface area contributed by atoms with Crippen LogP contribution in [0.15, 0.2) is 92.0 Å². The molecule has 1 aromatic heterocycles. The Morgan fingerprint density at radius 3 is 2.71 bits per heavy atom. The molecular weight excluding hydrogens is 450 g/mol. The first kappa shape index (κ1) is 23.1. The lowest BCUT2D eigenvalue weighted by Crippen LogP contribution is -2.28. The summed E-state index contributed by atoms with van der Waals surface area (Å²) in [5.41, 5.74) is 2.71. The van der Waals surface area contributed by atoms with Crippen molar-refractivity contribution in [3.05, 3.63) is 94.3 Å². The molecule has 0 radical (unpaired) electrons. The van der Waals surface area contributed by atoms with Crippen molar-refractivity contribution in [1.29, 1.82) is 0 Å². The van der Waals surface area contributed by atoms with Gasteiger partial charge in [-0.3, -0.25) is 9.69 Å². The average molecular weight is 474 g/mol. The third kappa shape index (κ3) is 5.65. The van der Waals surface area contributed by atoms with E-state index in [2.05, 4.69) is 10.2 Å². The van der Waals surface area contributed by atoms with Gasteiger partial charge < -0.3 is 14.3 Å². The Balaban J connectivity index is 1.60. The molecule has 1 saturated heterocycles. The zero-order valence-corrected chi connectivity index (χ0v) is 19.5. The van der Waals surface area contributed by atoms with Gasteiger partial charge in [0, 0.05) is 0 Å². The minimum Gasteiger partial charge on any atom is -0.504 e. The number of hydrogen-bond donors (Lipinski definition) is 1. The van der Waals surface area contributed by atoms with Crippen LogP contribution in [0.5, 0.6) is 11.5 Å². The summed E-state index contributed by atoms with van der Waals surface area (Å²) in [6.07, 6.45) is 6.95. The predicted molar refractivity (Wildman–Crippen MR) is 136 cm³/mol. The van der Waals surface area contributed by atoms with E-state index in [4.69, 9.17) is 9.15 Å². The third-order valence-corrected chi connectivity index (χ3v) is 5.88. The van der Waals surface area contributed by atoms with E-state index in [1.54, 1.807) is 42.8 Å². The normalized spacial score (nSPS) is 16.8. The van der Waals surface area contributed by atoms with Gasteiger partial charge in [-0.2, -0.15) is 5.10 Å². The van der Waals surface area contributed by atoms with Crippen LogP contribution in [0.25, 0.3) is 12.2 Å². The quantitative estimate of drug-likeness (QED) is 0.276. The first-order valence-corrected chi connectivity index (χ1v) is 11.3. The molecule has 4 rings (SSSR count). The van der Waals surface area contributed by atoms with Crippen molar-refractivity contribution < 1.29 is 19.1 Å². The van der Waals surface area contributed by atoms with E-state index in [0.29, 0.717) is 21.6 Å². The van der Waals surface area contributed by atoms with Crippen LogP contribution in [-0.4, -0.2) is 34.4 Å². The second kappa shape index (κ2) is 10.7. The molecule has 3 aromatic rings. The minimum atomic E-state index is -0.209. The highest BCUT2D eigenvalue weighted by atomic mass is 32.2. The van der Waals surface area contributed by atoms with E-state index < -0.39 is 0 Å². The van der Waals surface area contributed by atoms with Crippen LogP contribution in [0.2, 0.25) is 0 Å². The van der Waals surface area contributed by atoms with Gasteiger partial charge in [0.05, 0.1) is 31.0 Å². The highest BCUT2D eigenvalue weighted by Crippen LogP contribution is 2.35. The van der Waals surface area contributed by atoms with Gasteiger partial charge in [0.15, 0.2) is 16.7 Å². The molecule has 2 aromatic carbocycles. The van der Waals surface area contributed by atoms with Crippen molar-refractivity contribution in [2.75, 3.05) is 7.11 Å². The van der Waals surface area contributed by atoms with Crippen molar-refractivity contribution in [2.24, 2.45) is 10.2 Å². The van der Waals surface area contributed by atoms with E-state index in [-0.39, 0.29) is 18.2 Å². The molecule has 0 saturated carbocycles. The number of phenols is 1. The molecule has 0 unspecified atom stereocenters. The number of carbonyl (C=O) groups is 1. The van der Waals surface area contributed by atoms with Crippen LogP contribution in [0.4, 0.5) is 0 Å². The smallest absolute Gasteiger partial charge is 0.267 e. The van der Waals surface area contributed by atoms with Crippen LogP contribution in [0, 0.1) is 0 Å². The maximum absolute atomic E-state index is 13.2.